The van der Waals surface area contributed by atoms with Crippen LogP contribution < -0.4 is 5.32 Å². The zero-order chi connectivity index (χ0) is 20.2. The van der Waals surface area contributed by atoms with E-state index in [0.717, 1.165) is 11.3 Å². The van der Waals surface area contributed by atoms with Crippen molar-refractivity contribution in [3.8, 4) is 0 Å². The molecule has 0 fully saturated rings. The van der Waals surface area contributed by atoms with Crippen molar-refractivity contribution in [1.82, 2.24) is 15.2 Å². The van der Waals surface area contributed by atoms with Crippen LogP contribution in [0.3, 0.4) is 0 Å². The average molecular weight is 389 g/mol. The Labute approximate surface area is 168 Å². The molecule has 0 saturated carbocycles. The van der Waals surface area contributed by atoms with Gasteiger partial charge in [0.1, 0.15) is 11.9 Å². The van der Waals surface area contributed by atoms with Gasteiger partial charge in [-0.05, 0) is 41.5 Å². The smallest absolute Gasteiger partial charge is 0.255 e. The zero-order valence-electron chi connectivity index (χ0n) is 15.7. The van der Waals surface area contributed by atoms with Crippen LogP contribution in [0.5, 0.6) is 0 Å². The van der Waals surface area contributed by atoms with Crippen molar-refractivity contribution in [3.63, 3.8) is 0 Å². The van der Waals surface area contributed by atoms with Gasteiger partial charge in [-0.25, -0.2) is 4.39 Å². The lowest BCUT2D eigenvalue weighted by atomic mass is 10.0. The molecule has 2 heterocycles. The maximum absolute atomic E-state index is 13.1. The highest BCUT2D eigenvalue weighted by atomic mass is 19.1. The Hall–Kier alpha value is -3.54. The van der Waals surface area contributed by atoms with Gasteiger partial charge in [-0.1, -0.05) is 36.4 Å². The summed E-state index contributed by atoms with van der Waals surface area (Å²) < 4.78 is 13.1. The summed E-state index contributed by atoms with van der Waals surface area (Å²) in [6.07, 6.45) is 2.27. The van der Waals surface area contributed by atoms with Gasteiger partial charge in [-0.3, -0.25) is 14.6 Å². The van der Waals surface area contributed by atoms with E-state index in [4.69, 9.17) is 0 Å². The molecule has 1 aromatic heterocycles. The van der Waals surface area contributed by atoms with E-state index >= 15 is 0 Å². The quantitative estimate of drug-likeness (QED) is 0.704. The fourth-order valence-corrected chi connectivity index (χ4v) is 3.55. The van der Waals surface area contributed by atoms with Crippen molar-refractivity contribution in [2.75, 3.05) is 6.54 Å². The van der Waals surface area contributed by atoms with E-state index < -0.39 is 6.04 Å². The van der Waals surface area contributed by atoms with E-state index in [9.17, 15) is 14.0 Å². The second-order valence-electron chi connectivity index (χ2n) is 6.90. The first-order valence-corrected chi connectivity index (χ1v) is 9.45. The number of pyridine rings is 1. The van der Waals surface area contributed by atoms with E-state index in [2.05, 4.69) is 10.3 Å². The molecule has 0 aliphatic carbocycles. The summed E-state index contributed by atoms with van der Waals surface area (Å²) in [7, 11) is 0. The van der Waals surface area contributed by atoms with E-state index in [1.807, 2.05) is 30.3 Å². The summed E-state index contributed by atoms with van der Waals surface area (Å²) in [6, 6.07) is 18.1. The lowest BCUT2D eigenvalue weighted by Crippen LogP contribution is -2.40. The third kappa shape index (κ3) is 4.01. The van der Waals surface area contributed by atoms with Crippen LogP contribution in [0.4, 0.5) is 4.39 Å². The van der Waals surface area contributed by atoms with Crippen molar-refractivity contribution in [2.45, 2.75) is 19.0 Å². The Morgan fingerprint density at radius 1 is 1.03 bits per heavy atom. The molecule has 1 aliphatic rings. The first-order valence-electron chi connectivity index (χ1n) is 9.45. The summed E-state index contributed by atoms with van der Waals surface area (Å²) in [5.41, 5.74) is 2.91. The van der Waals surface area contributed by atoms with E-state index in [1.54, 1.807) is 35.4 Å². The van der Waals surface area contributed by atoms with Crippen LogP contribution in [0.2, 0.25) is 0 Å². The summed E-state index contributed by atoms with van der Waals surface area (Å²) in [5.74, 6) is -0.733. The first-order chi connectivity index (χ1) is 14.1. The van der Waals surface area contributed by atoms with Crippen molar-refractivity contribution >= 4 is 11.8 Å². The number of halogens is 1. The summed E-state index contributed by atoms with van der Waals surface area (Å²) in [6.45, 7) is 0.652. The summed E-state index contributed by atoms with van der Waals surface area (Å²) in [4.78, 5) is 31.8. The van der Waals surface area contributed by atoms with Crippen LogP contribution >= 0.6 is 0 Å². The number of hydrogen-bond acceptors (Lipinski definition) is 3. The molecule has 2 aromatic carbocycles. The predicted octanol–water partition coefficient (Wildman–Crippen LogP) is 3.28. The number of hydrogen-bond donors (Lipinski definition) is 1. The predicted molar refractivity (Wildman–Crippen MR) is 106 cm³/mol. The average Bonchev–Trinajstić information content (AvgIpc) is 3.04. The molecule has 6 heteroatoms. The van der Waals surface area contributed by atoms with E-state index in [1.165, 1.54) is 12.1 Å². The molecular formula is C23H20FN3O2. The molecule has 3 aromatic rings. The van der Waals surface area contributed by atoms with E-state index in [0.29, 0.717) is 24.1 Å². The molecule has 29 heavy (non-hydrogen) atoms. The minimum atomic E-state index is -0.692. The number of amides is 2. The third-order valence-corrected chi connectivity index (χ3v) is 5.02. The summed E-state index contributed by atoms with van der Waals surface area (Å²) >= 11 is 0. The Morgan fingerprint density at radius 3 is 2.55 bits per heavy atom. The van der Waals surface area contributed by atoms with Crippen LogP contribution in [-0.4, -0.2) is 28.2 Å². The van der Waals surface area contributed by atoms with Gasteiger partial charge in [0.15, 0.2) is 0 Å². The number of nitrogens with zero attached hydrogens (tertiary/aromatic N) is 2. The number of nitrogens with one attached hydrogen (secondary N) is 1. The largest absolute Gasteiger partial charge is 0.350 e. The fraction of sp³-hybridized carbons (Fsp3) is 0.174. The lowest BCUT2D eigenvalue weighted by Gasteiger charge is -2.24. The normalized spacial score (nSPS) is 15.3. The van der Waals surface area contributed by atoms with Crippen molar-refractivity contribution in [2.24, 2.45) is 0 Å². The van der Waals surface area contributed by atoms with Gasteiger partial charge in [-0.15, -0.1) is 0 Å². The molecule has 146 valence electrons. The molecule has 0 saturated heterocycles. The van der Waals surface area contributed by atoms with Crippen LogP contribution in [0.1, 0.15) is 33.2 Å². The standard InChI is InChI=1S/C23H20FN3O2/c24-17-10-8-16(9-11-17)15-26-22(28)21-19-6-1-2-7-20(19)23(29)27(21)14-12-18-5-3-4-13-25-18/h1-11,13,21H,12,14-15H2,(H,26,28). The Balaban J connectivity index is 1.52. The Kier molecular flexibility index (Phi) is 5.33. The van der Waals surface area contributed by atoms with Crippen LogP contribution in [0.25, 0.3) is 0 Å². The monoisotopic (exact) mass is 389 g/mol. The van der Waals surface area contributed by atoms with Gasteiger partial charge in [0.25, 0.3) is 5.91 Å². The molecule has 2 amide bonds. The molecule has 1 N–H and O–H groups in total. The maximum Gasteiger partial charge on any atom is 0.255 e. The van der Waals surface area contributed by atoms with Crippen molar-refractivity contribution in [1.29, 1.82) is 0 Å². The molecule has 1 atom stereocenters. The van der Waals surface area contributed by atoms with Crippen molar-refractivity contribution < 1.29 is 14.0 Å². The minimum Gasteiger partial charge on any atom is -0.350 e. The lowest BCUT2D eigenvalue weighted by molar-refractivity contribution is -0.125. The second kappa shape index (κ2) is 8.22. The van der Waals surface area contributed by atoms with Gasteiger partial charge in [0.05, 0.1) is 0 Å². The number of aromatic nitrogens is 1. The molecule has 1 aliphatic heterocycles. The summed E-state index contributed by atoms with van der Waals surface area (Å²) in [5, 5.41) is 2.88. The van der Waals surface area contributed by atoms with Gasteiger partial charge >= 0.3 is 0 Å². The highest BCUT2D eigenvalue weighted by Crippen LogP contribution is 2.33. The molecule has 1 unspecified atom stereocenters. The molecule has 4 rings (SSSR count). The van der Waals surface area contributed by atoms with Gasteiger partial charge in [0.2, 0.25) is 5.91 Å². The minimum absolute atomic E-state index is 0.154. The molecular weight excluding hydrogens is 369 g/mol. The SMILES string of the molecule is O=C(NCc1ccc(F)cc1)C1c2ccccc2C(=O)N1CCc1ccccn1. The highest BCUT2D eigenvalue weighted by Gasteiger charge is 2.40. The van der Waals surface area contributed by atoms with Gasteiger partial charge in [0, 0.05) is 37.0 Å². The number of benzene rings is 2. The second-order valence-corrected chi connectivity index (χ2v) is 6.90. The molecule has 0 radical (unpaired) electrons. The van der Waals surface area contributed by atoms with Gasteiger partial charge in [-0.2, -0.15) is 0 Å². The van der Waals surface area contributed by atoms with E-state index in [-0.39, 0.29) is 24.2 Å². The first kappa shape index (κ1) is 18.8. The van der Waals surface area contributed by atoms with Gasteiger partial charge < -0.3 is 10.2 Å². The fourth-order valence-electron chi connectivity index (χ4n) is 3.55. The molecule has 0 spiro atoms. The number of fused-ring (bicyclic) bond motifs is 1. The number of rotatable bonds is 6. The molecule has 5 nitrogen and oxygen atoms in total. The topological polar surface area (TPSA) is 62.3 Å². The highest BCUT2D eigenvalue weighted by molar-refractivity contribution is 6.04. The maximum atomic E-state index is 13.1. The van der Waals surface area contributed by atoms with Crippen molar-refractivity contribution in [3.05, 3.63) is 101 Å². The number of carbonyl (C=O) groups excluding carboxylic acids is 2. The Morgan fingerprint density at radius 2 is 1.79 bits per heavy atom. The number of carbonyl (C=O) groups is 2. The molecule has 0 bridgehead atoms. The van der Waals surface area contributed by atoms with Crippen LogP contribution in [-0.2, 0) is 17.8 Å². The zero-order valence-corrected chi connectivity index (χ0v) is 15.7. The third-order valence-electron chi connectivity index (χ3n) is 5.02. The Bertz CT molecular complexity index is 1020. The van der Waals surface area contributed by atoms with Crippen LogP contribution in [0, 0.1) is 5.82 Å². The van der Waals surface area contributed by atoms with Crippen LogP contribution in [0.15, 0.2) is 72.9 Å².